The van der Waals surface area contributed by atoms with E-state index in [1.165, 1.54) is 59.9 Å². The number of hydrogen-bond donors (Lipinski definition) is 0. The molecule has 3 aromatic rings. The number of hydrogen-bond acceptors (Lipinski definition) is 1. The number of rotatable bonds is 1. The van der Waals surface area contributed by atoms with Gasteiger partial charge in [-0.25, -0.2) is 4.98 Å². The average Bonchev–Trinajstić information content (AvgIpc) is 3.10. The van der Waals surface area contributed by atoms with E-state index in [0.717, 1.165) is 34.6 Å². The van der Waals surface area contributed by atoms with E-state index >= 15 is 0 Å². The summed E-state index contributed by atoms with van der Waals surface area (Å²) in [4.78, 5) is 5.09. The van der Waals surface area contributed by atoms with Gasteiger partial charge in [-0.3, -0.25) is 0 Å². The van der Waals surface area contributed by atoms with E-state index in [2.05, 4.69) is 56.3 Å². The molecule has 3 saturated carbocycles. The van der Waals surface area contributed by atoms with Crippen LogP contribution in [-0.4, -0.2) is 4.98 Å². The van der Waals surface area contributed by atoms with Crippen molar-refractivity contribution in [3.8, 4) is 11.3 Å². The Bertz CT molecular complexity index is 1160. The van der Waals surface area contributed by atoms with Gasteiger partial charge in [-0.05, 0) is 116 Å². The molecule has 1 heterocycles. The van der Waals surface area contributed by atoms with Crippen molar-refractivity contribution in [3.63, 3.8) is 0 Å². The molecular formula is C27H27N. The van der Waals surface area contributed by atoms with Crippen molar-refractivity contribution in [1.29, 1.82) is 0 Å². The minimum absolute atomic E-state index is 0.740. The van der Waals surface area contributed by atoms with Gasteiger partial charge in [-0.15, -0.1) is 0 Å². The van der Waals surface area contributed by atoms with Crippen LogP contribution in [0.2, 0.25) is 0 Å². The highest BCUT2D eigenvalue weighted by atomic mass is 14.7. The Morgan fingerprint density at radius 2 is 1.61 bits per heavy atom. The maximum Gasteiger partial charge on any atom is 0.0738 e. The molecule has 0 aliphatic heterocycles. The second-order valence-corrected chi connectivity index (χ2v) is 10.3. The van der Waals surface area contributed by atoms with Crippen LogP contribution in [0.15, 0.2) is 42.5 Å². The number of nitrogens with zero attached hydrogens (tertiary/aromatic N) is 1. The second-order valence-electron chi connectivity index (χ2n) is 10.3. The van der Waals surface area contributed by atoms with E-state index in [4.69, 9.17) is 4.98 Å². The molecule has 3 fully saturated rings. The highest BCUT2D eigenvalue weighted by Crippen LogP contribution is 2.76. The molecule has 140 valence electrons. The number of fused-ring (bicyclic) bond motifs is 6. The monoisotopic (exact) mass is 365 g/mol. The summed E-state index contributed by atoms with van der Waals surface area (Å²) in [6.45, 7) is 4.37. The summed E-state index contributed by atoms with van der Waals surface area (Å²) in [7, 11) is 0. The summed E-state index contributed by atoms with van der Waals surface area (Å²) >= 11 is 0. The standard InChI is InChI=1S/C27H27N/c1-15-3-6-25-18(7-15)8-16(2)26(28-25)17-4-5-23-19-9-21-12-22-10-20(24(23)11-17)14-27(21,22)13-19/h3-8,11,19-22H,9-10,12-14H2,1-2H3. The van der Waals surface area contributed by atoms with Crippen molar-refractivity contribution in [2.45, 2.75) is 57.8 Å². The SMILES string of the molecule is Cc1ccc2nc(-c3ccc4c(c3)C3CC5CC6CC4CC65C3)c(C)cc2c1. The Hall–Kier alpha value is -2.15. The normalized spacial score (nSPS) is 34.2. The lowest BCUT2D eigenvalue weighted by atomic mass is 9.56. The molecule has 0 saturated heterocycles. The van der Waals surface area contributed by atoms with Crippen LogP contribution in [0.25, 0.3) is 22.2 Å². The van der Waals surface area contributed by atoms with Gasteiger partial charge in [-0.2, -0.15) is 0 Å². The summed E-state index contributed by atoms with van der Waals surface area (Å²) in [6.07, 6.45) is 7.39. The fourth-order valence-corrected chi connectivity index (χ4v) is 7.78. The first-order valence-corrected chi connectivity index (χ1v) is 11.1. The predicted octanol–water partition coefficient (Wildman–Crippen LogP) is 6.91. The maximum absolute atomic E-state index is 5.09. The molecule has 0 radical (unpaired) electrons. The summed E-state index contributed by atoms with van der Waals surface area (Å²) in [5.74, 6) is 3.72. The van der Waals surface area contributed by atoms with Crippen LogP contribution in [0.4, 0.5) is 0 Å². The van der Waals surface area contributed by atoms with Crippen molar-refractivity contribution in [2.24, 2.45) is 17.3 Å². The quantitative estimate of drug-likeness (QED) is 0.456. The van der Waals surface area contributed by atoms with E-state index in [0.29, 0.717) is 0 Å². The van der Waals surface area contributed by atoms with Crippen molar-refractivity contribution < 1.29 is 0 Å². The predicted molar refractivity (Wildman–Crippen MR) is 115 cm³/mol. The highest BCUT2D eigenvalue weighted by molar-refractivity contribution is 5.84. The van der Waals surface area contributed by atoms with Crippen molar-refractivity contribution in [3.05, 3.63) is 64.7 Å². The smallest absolute Gasteiger partial charge is 0.0738 e. The topological polar surface area (TPSA) is 12.9 Å². The van der Waals surface area contributed by atoms with E-state index in [-0.39, 0.29) is 0 Å². The first kappa shape index (κ1) is 15.7. The van der Waals surface area contributed by atoms with Gasteiger partial charge in [0, 0.05) is 10.9 Å². The van der Waals surface area contributed by atoms with Gasteiger partial charge in [0.25, 0.3) is 0 Å². The van der Waals surface area contributed by atoms with Crippen LogP contribution in [0.3, 0.4) is 0 Å². The molecule has 4 aliphatic rings. The Labute approximate surface area is 167 Å². The Balaban J connectivity index is 1.38. The van der Waals surface area contributed by atoms with Gasteiger partial charge in [-0.1, -0.05) is 23.8 Å². The molecule has 7 rings (SSSR count). The molecule has 1 heteroatoms. The third-order valence-electron chi connectivity index (χ3n) is 8.99. The molecule has 3 bridgehead atoms. The van der Waals surface area contributed by atoms with E-state index in [9.17, 15) is 0 Å². The molecule has 0 N–H and O–H groups in total. The van der Waals surface area contributed by atoms with Crippen molar-refractivity contribution in [2.75, 3.05) is 0 Å². The van der Waals surface area contributed by atoms with Crippen molar-refractivity contribution >= 4 is 10.9 Å². The van der Waals surface area contributed by atoms with Crippen LogP contribution < -0.4 is 0 Å². The Morgan fingerprint density at radius 1 is 0.821 bits per heavy atom. The van der Waals surface area contributed by atoms with Crippen LogP contribution in [0.5, 0.6) is 0 Å². The molecule has 1 aromatic heterocycles. The minimum atomic E-state index is 0.740. The second kappa shape index (κ2) is 5.06. The fraction of sp³-hybridized carbons (Fsp3) is 0.444. The van der Waals surface area contributed by atoms with Gasteiger partial charge in [0.05, 0.1) is 11.2 Å². The van der Waals surface area contributed by atoms with Gasteiger partial charge in [0.2, 0.25) is 0 Å². The number of aromatic nitrogens is 1. The van der Waals surface area contributed by atoms with E-state index in [1.54, 1.807) is 11.1 Å². The third kappa shape index (κ3) is 1.86. The zero-order chi connectivity index (χ0) is 18.6. The maximum atomic E-state index is 5.09. The van der Waals surface area contributed by atoms with Crippen LogP contribution >= 0.6 is 0 Å². The Kier molecular flexibility index (Phi) is 2.84. The molecule has 4 aliphatic carbocycles. The van der Waals surface area contributed by atoms with Crippen LogP contribution in [0, 0.1) is 31.1 Å². The van der Waals surface area contributed by atoms with Crippen LogP contribution in [-0.2, 0) is 0 Å². The van der Waals surface area contributed by atoms with Gasteiger partial charge >= 0.3 is 0 Å². The number of aryl methyl sites for hydroxylation is 2. The first-order valence-electron chi connectivity index (χ1n) is 11.1. The number of benzene rings is 2. The van der Waals surface area contributed by atoms with Crippen molar-refractivity contribution in [1.82, 2.24) is 4.98 Å². The lowest BCUT2D eigenvalue weighted by molar-refractivity contribution is 0.00322. The van der Waals surface area contributed by atoms with E-state index in [1.807, 2.05) is 0 Å². The summed E-state index contributed by atoms with van der Waals surface area (Å²) in [6, 6.07) is 16.3. The summed E-state index contributed by atoms with van der Waals surface area (Å²) in [5, 5.41) is 1.26. The summed E-state index contributed by atoms with van der Waals surface area (Å²) < 4.78 is 0. The molecule has 2 aromatic carbocycles. The number of pyridine rings is 1. The fourth-order valence-electron chi connectivity index (χ4n) is 7.78. The molecule has 5 atom stereocenters. The molecular weight excluding hydrogens is 338 g/mol. The zero-order valence-electron chi connectivity index (χ0n) is 16.8. The lowest BCUT2D eigenvalue weighted by Crippen LogP contribution is -2.41. The first-order chi connectivity index (χ1) is 13.6. The zero-order valence-corrected chi connectivity index (χ0v) is 16.8. The van der Waals surface area contributed by atoms with Gasteiger partial charge in [0.1, 0.15) is 0 Å². The largest absolute Gasteiger partial charge is 0.248 e. The minimum Gasteiger partial charge on any atom is -0.248 e. The molecule has 1 nitrogen and oxygen atoms in total. The van der Waals surface area contributed by atoms with E-state index < -0.39 is 0 Å². The molecule has 1 spiro atoms. The highest BCUT2D eigenvalue weighted by Gasteiger charge is 2.65. The van der Waals surface area contributed by atoms with Gasteiger partial charge in [0.15, 0.2) is 0 Å². The molecule has 5 unspecified atom stereocenters. The Morgan fingerprint density at radius 3 is 2.43 bits per heavy atom. The summed E-state index contributed by atoms with van der Waals surface area (Å²) in [5.41, 5.74) is 10.3. The third-order valence-corrected chi connectivity index (χ3v) is 8.99. The molecule has 28 heavy (non-hydrogen) atoms. The van der Waals surface area contributed by atoms with Gasteiger partial charge < -0.3 is 0 Å². The lowest BCUT2D eigenvalue weighted by Gasteiger charge is -2.48. The van der Waals surface area contributed by atoms with Crippen LogP contribution in [0.1, 0.15) is 66.2 Å². The average molecular weight is 366 g/mol. The molecule has 0 amide bonds.